The molecular weight excluding hydrogens is 402 g/mol. The SMILES string of the molecule is COCCOC(=O)CNCc1ccc2cc(O[C@H]3CC[C@H](C(C)(C)C)CC3)cc(C)c2c1. The van der Waals surface area contributed by atoms with E-state index in [-0.39, 0.29) is 19.1 Å². The van der Waals surface area contributed by atoms with Gasteiger partial charge in [-0.3, -0.25) is 4.79 Å². The summed E-state index contributed by atoms with van der Waals surface area (Å²) in [7, 11) is 1.58. The van der Waals surface area contributed by atoms with E-state index in [1.165, 1.54) is 29.2 Å². The smallest absolute Gasteiger partial charge is 0.320 e. The second-order valence-electron chi connectivity index (χ2n) is 10.1. The Morgan fingerprint density at radius 2 is 1.81 bits per heavy atom. The van der Waals surface area contributed by atoms with Crippen molar-refractivity contribution in [2.24, 2.45) is 11.3 Å². The standard InChI is InChI=1S/C27H39NO4/c1-19-14-24(32-23-10-8-22(9-11-23)27(2,3)4)16-21-7-6-20(15-25(19)21)17-28-18-26(29)31-13-12-30-5/h6-7,14-16,22-23,28H,8-13,17-18H2,1-5H3/t22-,23-. The average Bonchev–Trinajstić information content (AvgIpc) is 2.74. The van der Waals surface area contributed by atoms with E-state index in [4.69, 9.17) is 14.2 Å². The molecule has 0 atom stereocenters. The van der Waals surface area contributed by atoms with Gasteiger partial charge in [0.15, 0.2) is 0 Å². The first-order valence-corrected chi connectivity index (χ1v) is 11.8. The first-order chi connectivity index (χ1) is 15.3. The molecule has 1 aliphatic carbocycles. The number of hydrogen-bond acceptors (Lipinski definition) is 5. The third kappa shape index (κ3) is 6.94. The van der Waals surface area contributed by atoms with Gasteiger partial charge in [0.1, 0.15) is 12.4 Å². The normalized spacial score (nSPS) is 19.2. The molecule has 176 valence electrons. The summed E-state index contributed by atoms with van der Waals surface area (Å²) in [5.74, 6) is 1.50. The topological polar surface area (TPSA) is 56.8 Å². The molecule has 32 heavy (non-hydrogen) atoms. The van der Waals surface area contributed by atoms with Crippen LogP contribution in [0.3, 0.4) is 0 Å². The van der Waals surface area contributed by atoms with E-state index in [0.29, 0.717) is 24.7 Å². The van der Waals surface area contributed by atoms with Crippen LogP contribution in [0.5, 0.6) is 5.75 Å². The van der Waals surface area contributed by atoms with Crippen LogP contribution in [0.2, 0.25) is 0 Å². The van der Waals surface area contributed by atoms with E-state index in [2.05, 4.69) is 63.3 Å². The summed E-state index contributed by atoms with van der Waals surface area (Å²) in [6.45, 7) is 10.7. The lowest BCUT2D eigenvalue weighted by Crippen LogP contribution is -2.30. The molecule has 0 aromatic heterocycles. The molecule has 5 heteroatoms. The first kappa shape index (κ1) is 24.5. The summed E-state index contributed by atoms with van der Waals surface area (Å²) in [5, 5.41) is 5.56. The van der Waals surface area contributed by atoms with Gasteiger partial charge in [-0.15, -0.1) is 0 Å². The molecule has 5 nitrogen and oxygen atoms in total. The molecule has 0 spiro atoms. The van der Waals surface area contributed by atoms with Crippen molar-refractivity contribution in [1.82, 2.24) is 5.32 Å². The minimum Gasteiger partial charge on any atom is -0.490 e. The van der Waals surface area contributed by atoms with Crippen molar-refractivity contribution in [3.05, 3.63) is 41.5 Å². The van der Waals surface area contributed by atoms with E-state index in [1.807, 2.05) is 0 Å². The Balaban J connectivity index is 1.55. The van der Waals surface area contributed by atoms with Gasteiger partial charge in [0.25, 0.3) is 0 Å². The van der Waals surface area contributed by atoms with Gasteiger partial charge in [-0.1, -0.05) is 32.9 Å². The largest absolute Gasteiger partial charge is 0.490 e. The second-order valence-corrected chi connectivity index (χ2v) is 10.1. The zero-order valence-electron chi connectivity index (χ0n) is 20.3. The zero-order valence-corrected chi connectivity index (χ0v) is 20.3. The van der Waals surface area contributed by atoms with E-state index in [9.17, 15) is 4.79 Å². The van der Waals surface area contributed by atoms with Crippen molar-refractivity contribution >= 4 is 16.7 Å². The highest BCUT2D eigenvalue weighted by molar-refractivity contribution is 5.87. The lowest BCUT2D eigenvalue weighted by atomic mass is 9.72. The molecule has 1 saturated carbocycles. The lowest BCUT2D eigenvalue weighted by Gasteiger charge is -2.37. The molecule has 1 fully saturated rings. The van der Waals surface area contributed by atoms with Crippen molar-refractivity contribution in [2.75, 3.05) is 26.9 Å². The van der Waals surface area contributed by atoms with Crippen molar-refractivity contribution in [3.63, 3.8) is 0 Å². The number of fused-ring (bicyclic) bond motifs is 1. The van der Waals surface area contributed by atoms with Crippen molar-refractivity contribution < 1.29 is 19.0 Å². The molecule has 0 saturated heterocycles. The van der Waals surface area contributed by atoms with Crippen LogP contribution < -0.4 is 10.1 Å². The zero-order chi connectivity index (χ0) is 23.1. The number of benzene rings is 2. The number of hydrogen-bond donors (Lipinski definition) is 1. The van der Waals surface area contributed by atoms with Crippen LogP contribution in [0.25, 0.3) is 10.8 Å². The predicted molar refractivity (Wildman–Crippen MR) is 129 cm³/mol. The molecule has 3 rings (SSSR count). The molecule has 0 amide bonds. The first-order valence-electron chi connectivity index (χ1n) is 11.8. The van der Waals surface area contributed by atoms with E-state index in [0.717, 1.165) is 30.1 Å². The number of carbonyl (C=O) groups excluding carboxylic acids is 1. The summed E-state index contributed by atoms with van der Waals surface area (Å²) >= 11 is 0. The summed E-state index contributed by atoms with van der Waals surface area (Å²) < 4.78 is 16.3. The fraction of sp³-hybridized carbons (Fsp3) is 0.593. The van der Waals surface area contributed by atoms with Gasteiger partial charge in [-0.05, 0) is 84.0 Å². The van der Waals surface area contributed by atoms with Crippen LogP contribution in [0, 0.1) is 18.3 Å². The number of nitrogens with one attached hydrogen (secondary N) is 1. The molecule has 0 unspecified atom stereocenters. The fourth-order valence-corrected chi connectivity index (χ4v) is 4.57. The van der Waals surface area contributed by atoms with Crippen molar-refractivity contribution in [1.29, 1.82) is 0 Å². The highest BCUT2D eigenvalue weighted by Crippen LogP contribution is 2.39. The molecule has 0 bridgehead atoms. The van der Waals surface area contributed by atoms with Gasteiger partial charge in [0.2, 0.25) is 0 Å². The van der Waals surface area contributed by atoms with Gasteiger partial charge >= 0.3 is 5.97 Å². The maximum absolute atomic E-state index is 11.7. The van der Waals surface area contributed by atoms with Crippen LogP contribution in [-0.2, 0) is 20.8 Å². The quantitative estimate of drug-likeness (QED) is 0.416. The predicted octanol–water partition coefficient (Wildman–Crippen LogP) is 5.41. The van der Waals surface area contributed by atoms with Gasteiger partial charge in [-0.2, -0.15) is 0 Å². The average molecular weight is 442 g/mol. The van der Waals surface area contributed by atoms with Crippen LogP contribution >= 0.6 is 0 Å². The highest BCUT2D eigenvalue weighted by Gasteiger charge is 2.30. The third-order valence-electron chi connectivity index (χ3n) is 6.55. The van der Waals surface area contributed by atoms with E-state index in [1.54, 1.807) is 7.11 Å². The summed E-state index contributed by atoms with van der Waals surface area (Å²) in [6, 6.07) is 10.7. The highest BCUT2D eigenvalue weighted by atomic mass is 16.6. The van der Waals surface area contributed by atoms with Crippen LogP contribution in [0.4, 0.5) is 0 Å². The second kappa shape index (κ2) is 11.2. The number of carbonyl (C=O) groups is 1. The molecule has 1 N–H and O–H groups in total. The minimum atomic E-state index is -0.266. The Hall–Kier alpha value is -2.11. The Kier molecular flexibility index (Phi) is 8.55. The number of rotatable bonds is 9. The third-order valence-corrected chi connectivity index (χ3v) is 6.55. The van der Waals surface area contributed by atoms with E-state index >= 15 is 0 Å². The lowest BCUT2D eigenvalue weighted by molar-refractivity contribution is -0.143. The molecule has 0 radical (unpaired) electrons. The number of esters is 1. The van der Waals surface area contributed by atoms with Crippen LogP contribution in [-0.4, -0.2) is 38.9 Å². The Morgan fingerprint density at radius 1 is 1.06 bits per heavy atom. The molecule has 0 aliphatic heterocycles. The Labute approximate surface area is 192 Å². The van der Waals surface area contributed by atoms with Gasteiger partial charge in [0, 0.05) is 13.7 Å². The molecule has 2 aromatic rings. The van der Waals surface area contributed by atoms with Gasteiger partial charge in [0.05, 0.1) is 19.3 Å². The minimum absolute atomic E-state index is 0.185. The number of ether oxygens (including phenoxy) is 3. The molecular formula is C27H39NO4. The van der Waals surface area contributed by atoms with Crippen molar-refractivity contribution in [2.45, 2.75) is 66.0 Å². The summed E-state index contributed by atoms with van der Waals surface area (Å²) in [6.07, 6.45) is 5.08. The summed E-state index contributed by atoms with van der Waals surface area (Å²) in [5.41, 5.74) is 2.74. The summed E-state index contributed by atoms with van der Waals surface area (Å²) in [4.78, 5) is 11.7. The Morgan fingerprint density at radius 3 is 2.50 bits per heavy atom. The maximum Gasteiger partial charge on any atom is 0.320 e. The Bertz CT molecular complexity index is 894. The fourth-order valence-electron chi connectivity index (χ4n) is 4.57. The van der Waals surface area contributed by atoms with Crippen LogP contribution in [0.1, 0.15) is 57.6 Å². The van der Waals surface area contributed by atoms with E-state index < -0.39 is 0 Å². The number of aryl methyl sites for hydroxylation is 1. The van der Waals surface area contributed by atoms with Gasteiger partial charge < -0.3 is 19.5 Å². The van der Waals surface area contributed by atoms with Crippen LogP contribution in [0.15, 0.2) is 30.3 Å². The number of methoxy groups -OCH3 is 1. The molecule has 2 aromatic carbocycles. The van der Waals surface area contributed by atoms with Gasteiger partial charge in [-0.25, -0.2) is 0 Å². The maximum atomic E-state index is 11.7. The van der Waals surface area contributed by atoms with Crippen molar-refractivity contribution in [3.8, 4) is 5.75 Å². The monoisotopic (exact) mass is 441 g/mol. The molecule has 1 aliphatic rings. The molecule has 0 heterocycles.